The minimum Gasteiger partial charge on any atom is -0.481 e. The minimum atomic E-state index is -4.48. The van der Waals surface area contributed by atoms with Gasteiger partial charge in [0, 0.05) is 6.42 Å². The van der Waals surface area contributed by atoms with Gasteiger partial charge in [-0.15, -0.1) is 0 Å². The van der Waals surface area contributed by atoms with Gasteiger partial charge in [0.25, 0.3) is 0 Å². The molecular formula is C25H33ClF3NO3. The third kappa shape index (κ3) is 6.03. The lowest BCUT2D eigenvalue weighted by Gasteiger charge is -2.35. The molecule has 1 aromatic rings. The summed E-state index contributed by atoms with van der Waals surface area (Å²) in [6.45, 7) is 3.27. The second kappa shape index (κ2) is 10.2. The molecule has 5 unspecified atom stereocenters. The largest absolute Gasteiger partial charge is 0.481 e. The van der Waals surface area contributed by atoms with Crippen LogP contribution in [0.5, 0.6) is 0 Å². The van der Waals surface area contributed by atoms with E-state index in [9.17, 15) is 22.8 Å². The lowest BCUT2D eigenvalue weighted by atomic mass is 9.72. The highest BCUT2D eigenvalue weighted by Crippen LogP contribution is 2.67. The summed E-state index contributed by atoms with van der Waals surface area (Å²) in [7, 11) is 0. The first-order chi connectivity index (χ1) is 15.5. The van der Waals surface area contributed by atoms with Crippen molar-refractivity contribution in [3.05, 3.63) is 28.8 Å². The Balaban J connectivity index is 1.85. The number of carbonyl (C=O) groups excluding carboxylic acids is 1. The molecule has 2 N–H and O–H groups in total. The number of aryl methyl sites for hydroxylation is 1. The number of carboxylic acid groups (broad SMARTS) is 1. The number of alkyl halides is 3. The summed E-state index contributed by atoms with van der Waals surface area (Å²) in [4.78, 5) is 24.3. The molecule has 5 atom stereocenters. The Morgan fingerprint density at radius 3 is 2.64 bits per heavy atom. The fourth-order valence-corrected chi connectivity index (χ4v) is 5.97. The molecular weight excluding hydrogens is 455 g/mol. The van der Waals surface area contributed by atoms with Gasteiger partial charge in [-0.25, -0.2) is 0 Å². The van der Waals surface area contributed by atoms with E-state index in [4.69, 9.17) is 16.7 Å². The molecule has 4 nitrogen and oxygen atoms in total. The molecule has 0 aliphatic heterocycles. The van der Waals surface area contributed by atoms with Crippen LogP contribution in [0.25, 0.3) is 0 Å². The third-order valence-electron chi connectivity index (χ3n) is 7.87. The summed E-state index contributed by atoms with van der Waals surface area (Å²) in [6, 6.07) is 4.76. The average Bonchev–Trinajstić information content (AvgIpc) is 3.40. The number of anilines is 1. The Hall–Kier alpha value is -1.76. The Morgan fingerprint density at radius 1 is 1.27 bits per heavy atom. The van der Waals surface area contributed by atoms with Crippen LogP contribution in [-0.2, 0) is 16.0 Å². The zero-order valence-corrected chi connectivity index (χ0v) is 19.9. The molecule has 2 aliphatic rings. The number of benzene rings is 1. The minimum absolute atomic E-state index is 0.0910. The molecule has 0 spiro atoms. The molecule has 33 heavy (non-hydrogen) atoms. The molecule has 0 heterocycles. The standard InChI is InChI=1S/C25H33ClF3NO3/c1-3-16-5-4-12-24(14-18(24)9-6-16)22(15(2)25(27,28)29)23(33)30-20-13-17(7-10-19(20)26)8-11-21(31)32/h7,10,13,15-16,18,22H,3-6,8-9,11-12,14H2,1-2H3,(H,30,33)(H,31,32). The highest BCUT2D eigenvalue weighted by atomic mass is 35.5. The molecule has 2 fully saturated rings. The molecule has 8 heteroatoms. The van der Waals surface area contributed by atoms with E-state index in [0.717, 1.165) is 39.0 Å². The van der Waals surface area contributed by atoms with E-state index in [2.05, 4.69) is 12.2 Å². The number of carbonyl (C=O) groups is 2. The number of carboxylic acids is 1. The molecule has 0 bridgehead atoms. The topological polar surface area (TPSA) is 66.4 Å². The normalized spacial score (nSPS) is 27.0. The van der Waals surface area contributed by atoms with E-state index in [1.165, 1.54) is 6.07 Å². The third-order valence-corrected chi connectivity index (χ3v) is 8.20. The van der Waals surface area contributed by atoms with E-state index in [-0.39, 0.29) is 29.5 Å². The predicted octanol–water partition coefficient (Wildman–Crippen LogP) is 7.11. The second-order valence-corrected chi connectivity index (χ2v) is 10.3. The fraction of sp³-hybridized carbons (Fsp3) is 0.680. The molecule has 0 aromatic heterocycles. The first-order valence-electron chi connectivity index (χ1n) is 11.9. The lowest BCUT2D eigenvalue weighted by Crippen LogP contribution is -2.42. The summed E-state index contributed by atoms with van der Waals surface area (Å²) in [5, 5.41) is 11.8. The SMILES string of the molecule is CCC1CCCC2(C(C(=O)Nc3cc(CCC(=O)O)ccc3Cl)C(C)C(F)(F)F)CC2CC1. The highest BCUT2D eigenvalue weighted by Gasteiger charge is 2.64. The van der Waals surface area contributed by atoms with Crippen molar-refractivity contribution in [2.75, 3.05) is 5.32 Å². The Labute approximate surface area is 198 Å². The maximum Gasteiger partial charge on any atom is 0.392 e. The van der Waals surface area contributed by atoms with Gasteiger partial charge < -0.3 is 10.4 Å². The van der Waals surface area contributed by atoms with Gasteiger partial charge in [0.1, 0.15) is 0 Å². The number of amides is 1. The van der Waals surface area contributed by atoms with Gasteiger partial charge in [0.2, 0.25) is 5.91 Å². The van der Waals surface area contributed by atoms with Crippen LogP contribution >= 0.6 is 11.6 Å². The number of halogens is 4. The smallest absolute Gasteiger partial charge is 0.392 e. The van der Waals surface area contributed by atoms with Crippen molar-refractivity contribution in [1.82, 2.24) is 0 Å². The highest BCUT2D eigenvalue weighted by molar-refractivity contribution is 6.33. The Morgan fingerprint density at radius 2 is 2.00 bits per heavy atom. The molecule has 184 valence electrons. The van der Waals surface area contributed by atoms with Crippen LogP contribution in [-0.4, -0.2) is 23.2 Å². The number of fused-ring (bicyclic) bond motifs is 1. The van der Waals surface area contributed by atoms with Crippen LogP contribution in [0.15, 0.2) is 18.2 Å². The van der Waals surface area contributed by atoms with Crippen LogP contribution in [0.1, 0.15) is 70.8 Å². The van der Waals surface area contributed by atoms with E-state index in [0.29, 0.717) is 24.3 Å². The van der Waals surface area contributed by atoms with Crippen LogP contribution in [0.2, 0.25) is 5.02 Å². The number of rotatable bonds is 8. The van der Waals surface area contributed by atoms with Gasteiger partial charge in [-0.05, 0) is 60.6 Å². The van der Waals surface area contributed by atoms with Crippen LogP contribution in [0.4, 0.5) is 18.9 Å². The van der Waals surface area contributed by atoms with E-state index < -0.39 is 35.3 Å². The lowest BCUT2D eigenvalue weighted by molar-refractivity contribution is -0.193. The van der Waals surface area contributed by atoms with Gasteiger partial charge >= 0.3 is 12.1 Å². The zero-order valence-electron chi connectivity index (χ0n) is 19.2. The van der Waals surface area contributed by atoms with Gasteiger partial charge in [-0.2, -0.15) is 13.2 Å². The second-order valence-electron chi connectivity index (χ2n) is 9.88. The van der Waals surface area contributed by atoms with Crippen molar-refractivity contribution in [1.29, 1.82) is 0 Å². The Bertz CT molecular complexity index is 875. The fourth-order valence-electron chi connectivity index (χ4n) is 5.80. The number of aliphatic carboxylic acids is 1. The van der Waals surface area contributed by atoms with Crippen molar-refractivity contribution < 1.29 is 27.9 Å². The molecule has 2 aliphatic carbocycles. The first kappa shape index (κ1) is 25.9. The first-order valence-corrected chi connectivity index (χ1v) is 12.2. The number of nitrogens with one attached hydrogen (secondary N) is 1. The van der Waals surface area contributed by atoms with Crippen molar-refractivity contribution in [2.24, 2.45) is 29.1 Å². The van der Waals surface area contributed by atoms with Crippen molar-refractivity contribution >= 4 is 29.2 Å². The summed E-state index contributed by atoms with van der Waals surface area (Å²) in [5.74, 6) is -3.79. The number of hydrogen-bond acceptors (Lipinski definition) is 2. The van der Waals surface area contributed by atoms with Gasteiger partial charge in [0.15, 0.2) is 0 Å². The number of hydrogen-bond donors (Lipinski definition) is 2. The van der Waals surface area contributed by atoms with Crippen LogP contribution in [0, 0.1) is 29.1 Å². The summed E-state index contributed by atoms with van der Waals surface area (Å²) < 4.78 is 41.7. The summed E-state index contributed by atoms with van der Waals surface area (Å²) in [6.07, 6.45) is 1.77. The van der Waals surface area contributed by atoms with Crippen molar-refractivity contribution in [2.45, 2.75) is 77.8 Å². The van der Waals surface area contributed by atoms with Crippen LogP contribution in [0.3, 0.4) is 0 Å². The molecule has 1 aromatic carbocycles. The maximum atomic E-state index is 13.9. The zero-order chi connectivity index (χ0) is 24.4. The molecule has 0 radical (unpaired) electrons. The van der Waals surface area contributed by atoms with E-state index >= 15 is 0 Å². The Kier molecular flexibility index (Phi) is 8.03. The summed E-state index contributed by atoms with van der Waals surface area (Å²) in [5.41, 5.74) is 0.261. The monoisotopic (exact) mass is 487 g/mol. The quantitative estimate of drug-likeness (QED) is 0.410. The van der Waals surface area contributed by atoms with Crippen molar-refractivity contribution in [3.8, 4) is 0 Å². The average molecular weight is 488 g/mol. The van der Waals surface area contributed by atoms with Gasteiger partial charge in [-0.1, -0.05) is 57.2 Å². The van der Waals surface area contributed by atoms with Gasteiger partial charge in [-0.3, -0.25) is 9.59 Å². The van der Waals surface area contributed by atoms with E-state index in [1.54, 1.807) is 12.1 Å². The summed E-state index contributed by atoms with van der Waals surface area (Å²) >= 11 is 6.23. The van der Waals surface area contributed by atoms with E-state index in [1.807, 2.05) is 0 Å². The predicted molar refractivity (Wildman–Crippen MR) is 122 cm³/mol. The van der Waals surface area contributed by atoms with Gasteiger partial charge in [0.05, 0.1) is 22.5 Å². The molecule has 1 amide bonds. The van der Waals surface area contributed by atoms with Crippen molar-refractivity contribution in [3.63, 3.8) is 0 Å². The van der Waals surface area contributed by atoms with Crippen LogP contribution < -0.4 is 5.32 Å². The molecule has 0 saturated heterocycles. The maximum absolute atomic E-state index is 13.9. The molecule has 3 rings (SSSR count). The molecule has 2 saturated carbocycles.